The number of halogens is 1. The molecule has 0 aliphatic carbocycles. The Hall–Kier alpha value is -4.04. The van der Waals surface area contributed by atoms with E-state index in [1.165, 1.54) is 7.11 Å². The van der Waals surface area contributed by atoms with Gasteiger partial charge in [0.25, 0.3) is 0 Å². The Morgan fingerprint density at radius 2 is 1.73 bits per heavy atom. The van der Waals surface area contributed by atoms with Crippen LogP contribution >= 0.6 is 11.6 Å². The lowest BCUT2D eigenvalue weighted by Crippen LogP contribution is -2.33. The molecule has 8 nitrogen and oxygen atoms in total. The van der Waals surface area contributed by atoms with Crippen LogP contribution in [-0.2, 0) is 0 Å². The molecule has 3 aromatic carbocycles. The van der Waals surface area contributed by atoms with Gasteiger partial charge < -0.3 is 24.5 Å². The molecule has 1 heterocycles. The van der Waals surface area contributed by atoms with Crippen LogP contribution in [0.25, 0.3) is 11.5 Å². The van der Waals surface area contributed by atoms with Crippen molar-refractivity contribution >= 4 is 23.3 Å². The summed E-state index contributed by atoms with van der Waals surface area (Å²) in [4.78, 5) is 12.9. The molecule has 4 aromatic rings. The summed E-state index contributed by atoms with van der Waals surface area (Å²) >= 11 is 6.26. The van der Waals surface area contributed by atoms with Crippen LogP contribution in [0.4, 0.5) is 10.5 Å². The third-order valence-corrected chi connectivity index (χ3v) is 5.19. The molecule has 0 aliphatic heterocycles. The number of carbonyl (C=O) groups is 1. The van der Waals surface area contributed by atoms with Gasteiger partial charge in [0.1, 0.15) is 17.5 Å². The summed E-state index contributed by atoms with van der Waals surface area (Å²) in [7, 11) is 3.07. The first kappa shape index (κ1) is 22.2. The highest BCUT2D eigenvalue weighted by atomic mass is 35.5. The second-order valence-electron chi connectivity index (χ2n) is 6.93. The maximum Gasteiger partial charge on any atom is 0.320 e. The largest absolute Gasteiger partial charge is 0.497 e. The molecule has 168 valence electrons. The van der Waals surface area contributed by atoms with Gasteiger partial charge in [0.15, 0.2) is 0 Å². The van der Waals surface area contributed by atoms with E-state index in [1.54, 1.807) is 37.4 Å². The fourth-order valence-electron chi connectivity index (χ4n) is 3.22. The average molecular weight is 465 g/mol. The van der Waals surface area contributed by atoms with E-state index in [-0.39, 0.29) is 11.8 Å². The van der Waals surface area contributed by atoms with Crippen LogP contribution in [0.1, 0.15) is 17.5 Å². The SMILES string of the molecule is COc1ccc(NC(=O)NC(c2ccccc2)c2nnc(-c3ccccc3Cl)o2)c(OC)c1. The van der Waals surface area contributed by atoms with Gasteiger partial charge in [-0.25, -0.2) is 4.79 Å². The van der Waals surface area contributed by atoms with Crippen LogP contribution in [0.3, 0.4) is 0 Å². The quantitative estimate of drug-likeness (QED) is 0.384. The molecule has 4 rings (SSSR count). The van der Waals surface area contributed by atoms with Crippen molar-refractivity contribution in [2.75, 3.05) is 19.5 Å². The van der Waals surface area contributed by atoms with Crippen LogP contribution in [0.5, 0.6) is 11.5 Å². The standard InChI is InChI=1S/C24H21ClN4O4/c1-31-16-12-13-19(20(14-16)32-2)26-24(30)27-21(15-8-4-3-5-9-15)23-29-28-22(33-23)17-10-6-7-11-18(17)25/h3-14,21H,1-2H3,(H2,26,27,30). The Labute approximate surface area is 195 Å². The minimum absolute atomic E-state index is 0.216. The number of ether oxygens (including phenoxy) is 2. The first-order valence-corrected chi connectivity index (χ1v) is 10.4. The predicted octanol–water partition coefficient (Wildman–Crippen LogP) is 5.32. The second kappa shape index (κ2) is 10.1. The lowest BCUT2D eigenvalue weighted by atomic mass is 10.1. The number of nitrogens with zero attached hydrogens (tertiary/aromatic N) is 2. The van der Waals surface area contributed by atoms with E-state index in [0.717, 1.165) is 5.56 Å². The third kappa shape index (κ3) is 5.07. The summed E-state index contributed by atoms with van der Waals surface area (Å²) in [6.07, 6.45) is 0. The van der Waals surface area contributed by atoms with Crippen LogP contribution in [0, 0.1) is 0 Å². The molecule has 2 amide bonds. The summed E-state index contributed by atoms with van der Waals surface area (Å²) in [6.45, 7) is 0. The van der Waals surface area contributed by atoms with Crippen molar-refractivity contribution in [2.24, 2.45) is 0 Å². The number of hydrogen-bond donors (Lipinski definition) is 2. The van der Waals surface area contributed by atoms with Crippen molar-refractivity contribution in [1.29, 1.82) is 0 Å². The normalized spacial score (nSPS) is 11.5. The van der Waals surface area contributed by atoms with Gasteiger partial charge in [0, 0.05) is 6.07 Å². The Bertz CT molecular complexity index is 1250. The molecular weight excluding hydrogens is 444 g/mol. The van der Waals surface area contributed by atoms with Crippen LogP contribution in [0.15, 0.2) is 77.2 Å². The number of methoxy groups -OCH3 is 2. The number of benzene rings is 3. The Morgan fingerprint density at radius 3 is 2.45 bits per heavy atom. The highest BCUT2D eigenvalue weighted by Crippen LogP contribution is 2.31. The molecule has 0 saturated carbocycles. The molecule has 33 heavy (non-hydrogen) atoms. The molecule has 2 N–H and O–H groups in total. The number of nitrogens with one attached hydrogen (secondary N) is 2. The summed E-state index contributed by atoms with van der Waals surface area (Å²) in [6, 6.07) is 20.4. The summed E-state index contributed by atoms with van der Waals surface area (Å²) in [5.74, 6) is 1.54. The van der Waals surface area contributed by atoms with Crippen LogP contribution in [0.2, 0.25) is 5.02 Å². The predicted molar refractivity (Wildman–Crippen MR) is 125 cm³/mol. The van der Waals surface area contributed by atoms with Gasteiger partial charge in [-0.05, 0) is 29.8 Å². The lowest BCUT2D eigenvalue weighted by molar-refractivity contribution is 0.248. The van der Waals surface area contributed by atoms with Crippen LogP contribution in [-0.4, -0.2) is 30.4 Å². The molecule has 0 fully saturated rings. The van der Waals surface area contributed by atoms with E-state index in [0.29, 0.717) is 27.8 Å². The number of aromatic nitrogens is 2. The van der Waals surface area contributed by atoms with Gasteiger partial charge in [-0.2, -0.15) is 0 Å². The van der Waals surface area contributed by atoms with E-state index in [4.69, 9.17) is 25.5 Å². The molecule has 1 aromatic heterocycles. The zero-order valence-electron chi connectivity index (χ0n) is 17.9. The Balaban J connectivity index is 1.60. The molecule has 0 bridgehead atoms. The maximum atomic E-state index is 12.9. The Kier molecular flexibility index (Phi) is 6.75. The molecule has 0 aliphatic rings. The number of urea groups is 1. The summed E-state index contributed by atoms with van der Waals surface area (Å²) < 4.78 is 16.5. The highest BCUT2D eigenvalue weighted by molar-refractivity contribution is 6.33. The van der Waals surface area contributed by atoms with E-state index in [1.807, 2.05) is 42.5 Å². The molecule has 0 spiro atoms. The zero-order chi connectivity index (χ0) is 23.2. The van der Waals surface area contributed by atoms with E-state index in [9.17, 15) is 4.79 Å². The van der Waals surface area contributed by atoms with E-state index in [2.05, 4.69) is 20.8 Å². The molecule has 0 saturated heterocycles. The molecule has 1 unspecified atom stereocenters. The van der Waals surface area contributed by atoms with Gasteiger partial charge in [-0.15, -0.1) is 10.2 Å². The van der Waals surface area contributed by atoms with E-state index >= 15 is 0 Å². The van der Waals surface area contributed by atoms with Gasteiger partial charge in [0.2, 0.25) is 11.8 Å². The zero-order valence-corrected chi connectivity index (χ0v) is 18.7. The van der Waals surface area contributed by atoms with Crippen molar-refractivity contribution in [1.82, 2.24) is 15.5 Å². The maximum absolute atomic E-state index is 12.9. The number of anilines is 1. The first-order valence-electron chi connectivity index (χ1n) is 10.0. The lowest BCUT2D eigenvalue weighted by Gasteiger charge is -2.17. The van der Waals surface area contributed by atoms with Crippen LogP contribution < -0.4 is 20.1 Å². The number of rotatable bonds is 7. The van der Waals surface area contributed by atoms with Crippen molar-refractivity contribution in [3.63, 3.8) is 0 Å². The van der Waals surface area contributed by atoms with Crippen molar-refractivity contribution in [2.45, 2.75) is 6.04 Å². The van der Waals surface area contributed by atoms with Gasteiger partial charge in [0.05, 0.1) is 30.5 Å². The monoisotopic (exact) mass is 464 g/mol. The average Bonchev–Trinajstić information content (AvgIpc) is 3.33. The Morgan fingerprint density at radius 1 is 0.970 bits per heavy atom. The molecule has 1 atom stereocenters. The number of amides is 2. The summed E-state index contributed by atoms with van der Waals surface area (Å²) in [5.41, 5.74) is 1.85. The van der Waals surface area contributed by atoms with Gasteiger partial charge in [-0.1, -0.05) is 54.1 Å². The number of hydrogen-bond acceptors (Lipinski definition) is 6. The fraction of sp³-hybridized carbons (Fsp3) is 0.125. The van der Waals surface area contributed by atoms with Gasteiger partial charge >= 0.3 is 6.03 Å². The third-order valence-electron chi connectivity index (χ3n) is 4.86. The molecule has 9 heteroatoms. The van der Waals surface area contributed by atoms with Crippen molar-refractivity contribution in [3.8, 4) is 23.0 Å². The van der Waals surface area contributed by atoms with E-state index < -0.39 is 12.1 Å². The second-order valence-corrected chi connectivity index (χ2v) is 7.34. The first-order chi connectivity index (χ1) is 16.1. The smallest absolute Gasteiger partial charge is 0.320 e. The van der Waals surface area contributed by atoms with Crippen molar-refractivity contribution < 1.29 is 18.7 Å². The summed E-state index contributed by atoms with van der Waals surface area (Å²) in [5, 5.41) is 14.5. The highest BCUT2D eigenvalue weighted by Gasteiger charge is 2.24. The minimum atomic E-state index is -0.695. The molecular formula is C24H21ClN4O4. The molecule has 0 radical (unpaired) electrons. The van der Waals surface area contributed by atoms with Crippen molar-refractivity contribution in [3.05, 3.63) is 89.3 Å². The minimum Gasteiger partial charge on any atom is -0.497 e. The number of carbonyl (C=O) groups excluding carboxylic acids is 1. The topological polar surface area (TPSA) is 98.5 Å². The van der Waals surface area contributed by atoms with Gasteiger partial charge in [-0.3, -0.25) is 0 Å². The fourth-order valence-corrected chi connectivity index (χ4v) is 3.44.